The maximum absolute atomic E-state index is 11.9. The molecule has 0 aliphatic heterocycles. The van der Waals surface area contributed by atoms with E-state index in [1.807, 2.05) is 12.1 Å². The minimum Gasteiger partial charge on any atom is -0.481 e. The van der Waals surface area contributed by atoms with E-state index in [-0.39, 0.29) is 12.0 Å². The van der Waals surface area contributed by atoms with Crippen molar-refractivity contribution in [1.29, 1.82) is 0 Å². The van der Waals surface area contributed by atoms with Crippen LogP contribution in [0.3, 0.4) is 0 Å². The number of halogens is 1. The van der Waals surface area contributed by atoms with E-state index >= 15 is 0 Å². The Labute approximate surface area is 117 Å². The molecule has 0 aliphatic carbocycles. The monoisotopic (exact) mass is 322 g/mol. The molecule has 0 saturated carbocycles. The van der Waals surface area contributed by atoms with Crippen LogP contribution >= 0.6 is 15.9 Å². The highest BCUT2D eigenvalue weighted by Crippen LogP contribution is 2.11. The molecule has 98 valence electrons. The van der Waals surface area contributed by atoms with E-state index in [0.29, 0.717) is 16.6 Å². The number of rotatable bonds is 4. The molecule has 0 atom stereocenters. The lowest BCUT2D eigenvalue weighted by atomic mass is 10.0. The van der Waals surface area contributed by atoms with E-state index in [4.69, 9.17) is 5.11 Å². The molecule has 0 fully saturated rings. The zero-order valence-corrected chi connectivity index (χ0v) is 11.5. The molecule has 0 aliphatic rings. The predicted octanol–water partition coefficient (Wildman–Crippen LogP) is 1.68. The highest BCUT2D eigenvalue weighted by Gasteiger charge is 2.08. The third kappa shape index (κ3) is 3.29. The first-order valence-electron chi connectivity index (χ1n) is 5.56. The SMILES string of the molecule is O=C(O)Cc1ccccc1Cn1cncc(Br)c1=O. The number of hydrogen-bond acceptors (Lipinski definition) is 3. The number of carboxylic acid groups (broad SMARTS) is 1. The van der Waals surface area contributed by atoms with Gasteiger partial charge in [-0.3, -0.25) is 14.2 Å². The molecule has 6 heteroatoms. The second kappa shape index (κ2) is 5.79. The van der Waals surface area contributed by atoms with Gasteiger partial charge < -0.3 is 5.11 Å². The quantitative estimate of drug-likeness (QED) is 0.929. The summed E-state index contributed by atoms with van der Waals surface area (Å²) < 4.78 is 1.82. The second-order valence-corrected chi connectivity index (χ2v) is 4.87. The lowest BCUT2D eigenvalue weighted by molar-refractivity contribution is -0.136. The Hall–Kier alpha value is -1.95. The van der Waals surface area contributed by atoms with Gasteiger partial charge in [0.2, 0.25) is 0 Å². The van der Waals surface area contributed by atoms with Crippen LogP contribution in [-0.2, 0) is 17.8 Å². The molecule has 19 heavy (non-hydrogen) atoms. The molecular formula is C13H11BrN2O3. The van der Waals surface area contributed by atoms with Gasteiger partial charge in [0.05, 0.1) is 19.3 Å². The lowest BCUT2D eigenvalue weighted by Gasteiger charge is -2.09. The predicted molar refractivity (Wildman–Crippen MR) is 73.1 cm³/mol. The van der Waals surface area contributed by atoms with Crippen LogP contribution in [0.4, 0.5) is 0 Å². The highest BCUT2D eigenvalue weighted by molar-refractivity contribution is 9.10. The number of benzene rings is 1. The van der Waals surface area contributed by atoms with Crippen LogP contribution in [0.5, 0.6) is 0 Å². The summed E-state index contributed by atoms with van der Waals surface area (Å²) in [5, 5.41) is 8.87. The molecule has 5 nitrogen and oxygen atoms in total. The summed E-state index contributed by atoms with van der Waals surface area (Å²) in [6.45, 7) is 0.300. The van der Waals surface area contributed by atoms with E-state index in [9.17, 15) is 9.59 Å². The van der Waals surface area contributed by atoms with E-state index in [2.05, 4.69) is 20.9 Å². The number of hydrogen-bond donors (Lipinski definition) is 1. The molecule has 1 aromatic carbocycles. The summed E-state index contributed by atoms with van der Waals surface area (Å²) >= 11 is 3.13. The molecule has 1 aromatic heterocycles. The molecular weight excluding hydrogens is 312 g/mol. The van der Waals surface area contributed by atoms with Crippen LogP contribution < -0.4 is 5.56 Å². The maximum Gasteiger partial charge on any atom is 0.307 e. The van der Waals surface area contributed by atoms with Crippen LogP contribution in [0.2, 0.25) is 0 Å². The van der Waals surface area contributed by atoms with Crippen molar-refractivity contribution >= 4 is 21.9 Å². The third-order valence-corrected chi connectivity index (χ3v) is 3.20. The summed E-state index contributed by atoms with van der Waals surface area (Å²) in [7, 11) is 0. The molecule has 0 amide bonds. The van der Waals surface area contributed by atoms with Gasteiger partial charge in [-0.1, -0.05) is 24.3 Å². The number of nitrogens with zero attached hydrogens (tertiary/aromatic N) is 2. The normalized spacial score (nSPS) is 10.4. The summed E-state index contributed by atoms with van der Waals surface area (Å²) in [5.41, 5.74) is 1.30. The van der Waals surface area contributed by atoms with Crippen LogP contribution in [0.15, 0.2) is 46.1 Å². The summed E-state index contributed by atoms with van der Waals surface area (Å²) in [4.78, 5) is 26.6. The molecule has 1 heterocycles. The zero-order chi connectivity index (χ0) is 13.8. The van der Waals surface area contributed by atoms with Gasteiger partial charge >= 0.3 is 5.97 Å². The third-order valence-electron chi connectivity index (χ3n) is 2.66. The molecule has 0 unspecified atom stereocenters. The van der Waals surface area contributed by atoms with Crippen molar-refractivity contribution in [1.82, 2.24) is 9.55 Å². The molecule has 2 aromatic rings. The minimum atomic E-state index is -0.896. The van der Waals surface area contributed by atoms with Gasteiger partial charge in [0.15, 0.2) is 0 Å². The topological polar surface area (TPSA) is 72.2 Å². The van der Waals surface area contributed by atoms with E-state index < -0.39 is 5.97 Å². The largest absolute Gasteiger partial charge is 0.481 e. The number of carbonyl (C=O) groups is 1. The average molecular weight is 323 g/mol. The van der Waals surface area contributed by atoms with Crippen molar-refractivity contribution in [2.24, 2.45) is 0 Å². The van der Waals surface area contributed by atoms with Crippen LogP contribution in [-0.4, -0.2) is 20.6 Å². The van der Waals surface area contributed by atoms with Gasteiger partial charge in [0.1, 0.15) is 4.47 Å². The van der Waals surface area contributed by atoms with Gasteiger partial charge in [-0.05, 0) is 27.1 Å². The van der Waals surface area contributed by atoms with Crippen LogP contribution in [0.1, 0.15) is 11.1 Å². The van der Waals surface area contributed by atoms with Crippen molar-refractivity contribution in [3.05, 3.63) is 62.7 Å². The van der Waals surface area contributed by atoms with Crippen molar-refractivity contribution in [3.63, 3.8) is 0 Å². The Morgan fingerprint density at radius 2 is 2.00 bits per heavy atom. The molecule has 1 N–H and O–H groups in total. The van der Waals surface area contributed by atoms with Gasteiger partial charge in [0, 0.05) is 6.20 Å². The number of aromatic nitrogens is 2. The fraction of sp³-hybridized carbons (Fsp3) is 0.154. The number of carboxylic acids is 1. The Morgan fingerprint density at radius 1 is 1.32 bits per heavy atom. The fourth-order valence-corrected chi connectivity index (χ4v) is 2.11. The van der Waals surface area contributed by atoms with Gasteiger partial charge in [-0.15, -0.1) is 0 Å². The Morgan fingerprint density at radius 3 is 2.68 bits per heavy atom. The lowest BCUT2D eigenvalue weighted by Crippen LogP contribution is -2.22. The first kappa shape index (κ1) is 13.5. The first-order valence-corrected chi connectivity index (χ1v) is 6.35. The molecule has 0 spiro atoms. The van der Waals surface area contributed by atoms with Crippen molar-refractivity contribution in [2.75, 3.05) is 0 Å². The maximum atomic E-state index is 11.9. The van der Waals surface area contributed by atoms with Crippen LogP contribution in [0, 0.1) is 0 Å². The smallest absolute Gasteiger partial charge is 0.307 e. The standard InChI is InChI=1S/C13H11BrN2O3/c14-11-6-15-8-16(13(11)19)7-10-4-2-1-3-9(10)5-12(17)18/h1-4,6,8H,5,7H2,(H,17,18). The summed E-state index contributed by atoms with van der Waals surface area (Å²) in [6.07, 6.45) is 2.80. The van der Waals surface area contributed by atoms with E-state index in [1.165, 1.54) is 17.1 Å². The van der Waals surface area contributed by atoms with Crippen molar-refractivity contribution < 1.29 is 9.90 Å². The second-order valence-electron chi connectivity index (χ2n) is 4.01. The minimum absolute atomic E-state index is 0.0631. The zero-order valence-electron chi connectivity index (χ0n) is 9.91. The fourth-order valence-electron chi connectivity index (χ4n) is 1.77. The summed E-state index contributed by atoms with van der Waals surface area (Å²) in [6, 6.07) is 7.16. The Balaban J connectivity index is 2.36. The number of aliphatic carboxylic acids is 1. The average Bonchev–Trinajstić information content (AvgIpc) is 2.36. The van der Waals surface area contributed by atoms with Crippen molar-refractivity contribution in [3.8, 4) is 0 Å². The molecule has 0 bridgehead atoms. The van der Waals surface area contributed by atoms with Gasteiger partial charge in [-0.2, -0.15) is 0 Å². The van der Waals surface area contributed by atoms with E-state index in [0.717, 1.165) is 5.56 Å². The van der Waals surface area contributed by atoms with Crippen molar-refractivity contribution in [2.45, 2.75) is 13.0 Å². The molecule has 0 radical (unpaired) electrons. The Bertz CT molecular complexity index is 667. The van der Waals surface area contributed by atoms with Gasteiger partial charge in [0.25, 0.3) is 5.56 Å². The van der Waals surface area contributed by atoms with E-state index in [1.54, 1.807) is 12.1 Å². The van der Waals surface area contributed by atoms with Crippen LogP contribution in [0.25, 0.3) is 0 Å². The summed E-state index contributed by atoms with van der Waals surface area (Å²) in [5.74, 6) is -0.896. The van der Waals surface area contributed by atoms with Gasteiger partial charge in [-0.25, -0.2) is 4.98 Å². The highest BCUT2D eigenvalue weighted by atomic mass is 79.9. The first-order chi connectivity index (χ1) is 9.08. The molecule has 2 rings (SSSR count). The Kier molecular flexibility index (Phi) is 4.11. The molecule has 0 saturated heterocycles.